The smallest absolute Gasteiger partial charge is 0.280 e. The van der Waals surface area contributed by atoms with Gasteiger partial charge in [-0.25, -0.2) is 9.97 Å². The number of nitrogen functional groups attached to an aromatic ring is 1. The van der Waals surface area contributed by atoms with E-state index in [1.54, 1.807) is 10.8 Å². The number of nitrogens with two attached hydrogens (primary N) is 1. The maximum atomic E-state index is 12.5. The van der Waals surface area contributed by atoms with Gasteiger partial charge in [-0.05, 0) is 24.3 Å². The highest BCUT2D eigenvalue weighted by Crippen LogP contribution is 2.35. The SMILES string of the molecule is Cn1c(Nc2nc3c(=O)[nH]c(N)nc3n2C2CC(O)C(CO)O2)nc2c3cccnc3ccc21. The number of hydrogen-bond donors (Lipinski definition) is 5. The van der Waals surface area contributed by atoms with Gasteiger partial charge in [0.1, 0.15) is 17.8 Å². The maximum absolute atomic E-state index is 12.5. The Bertz CT molecular complexity index is 1620. The fourth-order valence-electron chi connectivity index (χ4n) is 4.42. The van der Waals surface area contributed by atoms with Crippen LogP contribution in [0.25, 0.3) is 33.1 Å². The van der Waals surface area contributed by atoms with E-state index < -0.39 is 24.0 Å². The zero-order chi connectivity index (χ0) is 23.6. The molecule has 5 heterocycles. The zero-order valence-corrected chi connectivity index (χ0v) is 18.0. The number of aryl methyl sites for hydroxylation is 1. The van der Waals surface area contributed by atoms with Gasteiger partial charge in [0.25, 0.3) is 5.56 Å². The molecular weight excluding hydrogens is 442 g/mol. The zero-order valence-electron chi connectivity index (χ0n) is 18.0. The molecule has 34 heavy (non-hydrogen) atoms. The lowest BCUT2D eigenvalue weighted by Gasteiger charge is -2.17. The summed E-state index contributed by atoms with van der Waals surface area (Å²) < 4.78 is 9.25. The summed E-state index contributed by atoms with van der Waals surface area (Å²) in [6, 6.07) is 7.66. The molecule has 13 nitrogen and oxygen atoms in total. The number of pyridine rings is 1. The fraction of sp³-hybridized carbons (Fsp3) is 0.286. The first-order valence-corrected chi connectivity index (χ1v) is 10.6. The molecule has 1 saturated heterocycles. The third-order valence-corrected chi connectivity index (χ3v) is 6.10. The summed E-state index contributed by atoms with van der Waals surface area (Å²) in [4.78, 5) is 32.8. The number of ether oxygens (including phenoxy) is 1. The molecule has 0 radical (unpaired) electrons. The Balaban J connectivity index is 1.52. The Morgan fingerprint density at radius 2 is 2.06 bits per heavy atom. The molecule has 1 aromatic carbocycles. The van der Waals surface area contributed by atoms with Gasteiger partial charge in [-0.2, -0.15) is 4.98 Å². The van der Waals surface area contributed by atoms with Crippen LogP contribution in [0.4, 0.5) is 17.8 Å². The minimum Gasteiger partial charge on any atom is -0.394 e. The minimum atomic E-state index is -0.894. The Morgan fingerprint density at radius 1 is 1.24 bits per heavy atom. The number of fused-ring (bicyclic) bond motifs is 4. The molecule has 0 spiro atoms. The number of imidazole rings is 2. The van der Waals surface area contributed by atoms with Crippen LogP contribution in [0.1, 0.15) is 12.6 Å². The number of nitrogens with one attached hydrogen (secondary N) is 2. The van der Waals surface area contributed by atoms with Crippen molar-refractivity contribution in [2.24, 2.45) is 7.05 Å². The molecule has 6 rings (SSSR count). The van der Waals surface area contributed by atoms with E-state index in [2.05, 4.69) is 25.3 Å². The summed E-state index contributed by atoms with van der Waals surface area (Å²) in [5.41, 5.74) is 7.96. The summed E-state index contributed by atoms with van der Waals surface area (Å²) in [6.45, 7) is -0.352. The van der Waals surface area contributed by atoms with E-state index in [0.717, 1.165) is 21.9 Å². The first-order chi connectivity index (χ1) is 16.4. The van der Waals surface area contributed by atoms with E-state index in [-0.39, 0.29) is 36.1 Å². The molecule has 1 aliphatic rings. The number of anilines is 3. The number of nitrogens with zero attached hydrogens (tertiary/aromatic N) is 6. The van der Waals surface area contributed by atoms with Gasteiger partial charge in [0, 0.05) is 25.1 Å². The van der Waals surface area contributed by atoms with Gasteiger partial charge < -0.3 is 25.3 Å². The van der Waals surface area contributed by atoms with Crippen LogP contribution >= 0.6 is 0 Å². The second kappa shape index (κ2) is 7.48. The van der Waals surface area contributed by atoms with E-state index in [9.17, 15) is 15.0 Å². The predicted molar refractivity (Wildman–Crippen MR) is 123 cm³/mol. The van der Waals surface area contributed by atoms with Crippen LogP contribution in [0, 0.1) is 0 Å². The fourth-order valence-corrected chi connectivity index (χ4v) is 4.42. The Labute approximate surface area is 190 Å². The van der Waals surface area contributed by atoms with Crippen LogP contribution in [-0.2, 0) is 11.8 Å². The van der Waals surface area contributed by atoms with Crippen molar-refractivity contribution in [2.75, 3.05) is 17.7 Å². The average molecular weight is 463 g/mol. The van der Waals surface area contributed by atoms with Gasteiger partial charge in [0.15, 0.2) is 11.2 Å². The van der Waals surface area contributed by atoms with Gasteiger partial charge in [-0.15, -0.1) is 0 Å². The topological polar surface area (TPSA) is 182 Å². The molecule has 0 aliphatic carbocycles. The summed E-state index contributed by atoms with van der Waals surface area (Å²) in [5, 5.41) is 23.9. The molecule has 1 aliphatic heterocycles. The highest BCUT2D eigenvalue weighted by Gasteiger charge is 2.37. The molecular formula is C21H21N9O4. The molecule has 4 aromatic heterocycles. The van der Waals surface area contributed by atoms with E-state index in [1.807, 2.05) is 35.9 Å². The van der Waals surface area contributed by atoms with Crippen LogP contribution in [-0.4, -0.2) is 63.1 Å². The Kier molecular flexibility index (Phi) is 4.52. The van der Waals surface area contributed by atoms with Crippen molar-refractivity contribution in [3.8, 4) is 0 Å². The lowest BCUT2D eigenvalue weighted by Crippen LogP contribution is -2.24. The van der Waals surface area contributed by atoms with Crippen LogP contribution in [0.5, 0.6) is 0 Å². The number of aliphatic hydroxyl groups excluding tert-OH is 2. The van der Waals surface area contributed by atoms with Gasteiger partial charge in [0.2, 0.25) is 17.8 Å². The van der Waals surface area contributed by atoms with E-state index in [1.165, 1.54) is 0 Å². The van der Waals surface area contributed by atoms with Crippen LogP contribution in [0.15, 0.2) is 35.3 Å². The predicted octanol–water partition coefficient (Wildman–Crippen LogP) is 0.521. The molecule has 0 amide bonds. The van der Waals surface area contributed by atoms with E-state index >= 15 is 0 Å². The molecule has 5 aromatic rings. The third-order valence-electron chi connectivity index (χ3n) is 6.10. The number of benzene rings is 1. The maximum Gasteiger partial charge on any atom is 0.280 e. The monoisotopic (exact) mass is 463 g/mol. The minimum absolute atomic E-state index is 0.0515. The van der Waals surface area contributed by atoms with Crippen molar-refractivity contribution in [1.82, 2.24) is 34.1 Å². The van der Waals surface area contributed by atoms with Gasteiger partial charge in [-0.3, -0.25) is 24.6 Å². The molecule has 0 bridgehead atoms. The van der Waals surface area contributed by atoms with Gasteiger partial charge >= 0.3 is 0 Å². The quantitative estimate of drug-likeness (QED) is 0.252. The second-order valence-corrected chi connectivity index (χ2v) is 8.17. The van der Waals surface area contributed by atoms with Crippen molar-refractivity contribution in [2.45, 2.75) is 24.9 Å². The molecule has 3 unspecified atom stereocenters. The normalized spacial score (nSPS) is 20.6. The number of rotatable bonds is 4. The second-order valence-electron chi connectivity index (χ2n) is 8.17. The van der Waals surface area contributed by atoms with E-state index in [4.69, 9.17) is 15.5 Å². The number of H-pyrrole nitrogens is 1. The largest absolute Gasteiger partial charge is 0.394 e. The summed E-state index contributed by atoms with van der Waals surface area (Å²) >= 11 is 0. The number of aromatic nitrogens is 7. The lowest BCUT2D eigenvalue weighted by molar-refractivity contribution is -0.0425. The summed E-state index contributed by atoms with van der Waals surface area (Å²) in [6.07, 6.45) is -0.519. The van der Waals surface area contributed by atoms with Gasteiger partial charge in [0.05, 0.1) is 23.7 Å². The van der Waals surface area contributed by atoms with Crippen molar-refractivity contribution in [1.29, 1.82) is 0 Å². The highest BCUT2D eigenvalue weighted by atomic mass is 16.5. The van der Waals surface area contributed by atoms with Gasteiger partial charge in [-0.1, -0.05) is 0 Å². The average Bonchev–Trinajstić information content (AvgIpc) is 3.47. The van der Waals surface area contributed by atoms with Crippen molar-refractivity contribution in [3.63, 3.8) is 0 Å². The van der Waals surface area contributed by atoms with Crippen molar-refractivity contribution >= 4 is 50.9 Å². The summed E-state index contributed by atoms with van der Waals surface area (Å²) in [5.74, 6) is 0.615. The number of hydrogen-bond acceptors (Lipinski definition) is 10. The van der Waals surface area contributed by atoms with Crippen LogP contribution in [0.3, 0.4) is 0 Å². The third kappa shape index (κ3) is 3.02. The molecule has 6 N–H and O–H groups in total. The lowest BCUT2D eigenvalue weighted by atomic mass is 10.2. The number of aromatic amines is 1. The van der Waals surface area contributed by atoms with Crippen LogP contribution in [0.2, 0.25) is 0 Å². The number of aliphatic hydroxyl groups is 2. The molecule has 1 fully saturated rings. The molecule has 174 valence electrons. The molecule has 13 heteroatoms. The Hall–Kier alpha value is -4.07. The first kappa shape index (κ1) is 20.5. The first-order valence-electron chi connectivity index (χ1n) is 10.6. The standard InChI is InChI=1S/C21H21N9O4/c1-29-11-5-4-10-9(3-2-6-23-10)15(11)24-20(29)28-21-25-16-17(26-19(22)27-18(16)33)30(21)14-7-12(32)13(8-31)34-14/h2-6,12-14,31-32H,7-8H2,1H3,(H,24,25,28)(H3,22,26,27,33). The van der Waals surface area contributed by atoms with Crippen molar-refractivity contribution in [3.05, 3.63) is 40.8 Å². The van der Waals surface area contributed by atoms with Crippen LogP contribution < -0.4 is 16.6 Å². The molecule has 3 atom stereocenters. The highest BCUT2D eigenvalue weighted by molar-refractivity contribution is 6.03. The van der Waals surface area contributed by atoms with E-state index in [0.29, 0.717) is 5.95 Å². The Morgan fingerprint density at radius 3 is 2.85 bits per heavy atom. The summed E-state index contributed by atoms with van der Waals surface area (Å²) in [7, 11) is 1.85. The van der Waals surface area contributed by atoms with Crippen molar-refractivity contribution < 1.29 is 14.9 Å². The molecule has 0 saturated carbocycles.